The van der Waals surface area contributed by atoms with Gasteiger partial charge in [0.15, 0.2) is 0 Å². The molecule has 16 heavy (non-hydrogen) atoms. The standard InChI is InChI=1S/C12H17FN2O/c1-3-15(12(16)9(2)14)8-10-5-4-6-11(13)7-10/h4-7,9H,3,8,14H2,1-2H3/t9-/m1/s1. The van der Waals surface area contributed by atoms with E-state index in [0.717, 1.165) is 5.56 Å². The minimum atomic E-state index is -0.520. The van der Waals surface area contributed by atoms with Crippen molar-refractivity contribution in [2.75, 3.05) is 6.54 Å². The van der Waals surface area contributed by atoms with Gasteiger partial charge in [0.25, 0.3) is 0 Å². The number of carbonyl (C=O) groups excluding carboxylic acids is 1. The lowest BCUT2D eigenvalue weighted by molar-refractivity contribution is -0.132. The summed E-state index contributed by atoms with van der Waals surface area (Å²) < 4.78 is 13.0. The second-order valence-corrected chi connectivity index (χ2v) is 3.77. The zero-order valence-electron chi connectivity index (χ0n) is 9.61. The third kappa shape index (κ3) is 3.31. The van der Waals surface area contributed by atoms with E-state index in [1.165, 1.54) is 12.1 Å². The Balaban J connectivity index is 2.74. The quantitative estimate of drug-likeness (QED) is 0.842. The first-order valence-corrected chi connectivity index (χ1v) is 5.33. The molecular formula is C12H17FN2O. The Morgan fingerprint density at radius 1 is 1.56 bits per heavy atom. The van der Waals surface area contributed by atoms with Crippen molar-refractivity contribution in [2.24, 2.45) is 5.73 Å². The smallest absolute Gasteiger partial charge is 0.239 e. The van der Waals surface area contributed by atoms with Gasteiger partial charge in [-0.25, -0.2) is 4.39 Å². The average Bonchev–Trinajstić information content (AvgIpc) is 2.25. The molecule has 0 aliphatic rings. The molecule has 0 saturated heterocycles. The maximum Gasteiger partial charge on any atom is 0.239 e. The number of benzene rings is 1. The molecule has 1 atom stereocenters. The van der Waals surface area contributed by atoms with Crippen molar-refractivity contribution < 1.29 is 9.18 Å². The summed E-state index contributed by atoms with van der Waals surface area (Å²) in [6.45, 7) is 4.49. The first-order valence-electron chi connectivity index (χ1n) is 5.33. The molecule has 0 aliphatic heterocycles. The molecule has 88 valence electrons. The van der Waals surface area contributed by atoms with E-state index in [9.17, 15) is 9.18 Å². The summed E-state index contributed by atoms with van der Waals surface area (Å²) in [4.78, 5) is 13.3. The molecule has 0 radical (unpaired) electrons. The lowest BCUT2D eigenvalue weighted by Crippen LogP contribution is -2.41. The van der Waals surface area contributed by atoms with Crippen molar-refractivity contribution in [3.05, 3.63) is 35.6 Å². The normalized spacial score (nSPS) is 12.2. The zero-order valence-corrected chi connectivity index (χ0v) is 9.61. The summed E-state index contributed by atoms with van der Waals surface area (Å²) in [5.74, 6) is -0.409. The lowest BCUT2D eigenvalue weighted by Gasteiger charge is -2.22. The molecule has 1 aromatic rings. The Bertz CT molecular complexity index is 366. The molecule has 1 rings (SSSR count). The fourth-order valence-corrected chi connectivity index (χ4v) is 1.49. The first kappa shape index (κ1) is 12.6. The highest BCUT2D eigenvalue weighted by Crippen LogP contribution is 2.08. The Labute approximate surface area is 95.0 Å². The van der Waals surface area contributed by atoms with Gasteiger partial charge in [-0.3, -0.25) is 4.79 Å². The number of nitrogens with two attached hydrogens (primary N) is 1. The summed E-state index contributed by atoms with van der Waals surface area (Å²) in [6, 6.07) is 5.72. The van der Waals surface area contributed by atoms with Crippen molar-refractivity contribution in [3.8, 4) is 0 Å². The number of hydrogen-bond donors (Lipinski definition) is 1. The number of hydrogen-bond acceptors (Lipinski definition) is 2. The van der Waals surface area contributed by atoms with Crippen LogP contribution in [0.3, 0.4) is 0 Å². The highest BCUT2D eigenvalue weighted by molar-refractivity contribution is 5.81. The maximum atomic E-state index is 13.0. The third-order valence-electron chi connectivity index (χ3n) is 2.35. The minimum absolute atomic E-state index is 0.119. The summed E-state index contributed by atoms with van der Waals surface area (Å²) >= 11 is 0. The van der Waals surface area contributed by atoms with Gasteiger partial charge in [0, 0.05) is 13.1 Å². The first-order chi connectivity index (χ1) is 7.54. The van der Waals surface area contributed by atoms with Gasteiger partial charge < -0.3 is 10.6 Å². The van der Waals surface area contributed by atoms with Crippen LogP contribution in [-0.4, -0.2) is 23.4 Å². The van der Waals surface area contributed by atoms with Crippen molar-refractivity contribution in [1.82, 2.24) is 4.90 Å². The van der Waals surface area contributed by atoms with Crippen molar-refractivity contribution in [3.63, 3.8) is 0 Å². The van der Waals surface area contributed by atoms with Crippen LogP contribution in [0.4, 0.5) is 4.39 Å². The third-order valence-corrected chi connectivity index (χ3v) is 2.35. The number of amides is 1. The van der Waals surface area contributed by atoms with Crippen LogP contribution < -0.4 is 5.73 Å². The number of rotatable bonds is 4. The van der Waals surface area contributed by atoms with Crippen LogP contribution in [0.15, 0.2) is 24.3 Å². The molecule has 4 heteroatoms. The predicted octanol–water partition coefficient (Wildman–Crippen LogP) is 1.52. The van der Waals surface area contributed by atoms with E-state index < -0.39 is 6.04 Å². The SMILES string of the molecule is CCN(Cc1cccc(F)c1)C(=O)[C@@H](C)N. The van der Waals surface area contributed by atoms with E-state index in [1.807, 2.05) is 6.92 Å². The number of halogens is 1. The molecule has 1 aromatic carbocycles. The monoisotopic (exact) mass is 224 g/mol. The molecule has 0 fully saturated rings. The maximum absolute atomic E-state index is 13.0. The Morgan fingerprint density at radius 3 is 2.75 bits per heavy atom. The van der Waals surface area contributed by atoms with Gasteiger partial charge in [0.2, 0.25) is 5.91 Å². The van der Waals surface area contributed by atoms with Gasteiger partial charge in [-0.2, -0.15) is 0 Å². The topological polar surface area (TPSA) is 46.3 Å². The van der Waals surface area contributed by atoms with E-state index in [2.05, 4.69) is 0 Å². The molecule has 0 unspecified atom stereocenters. The van der Waals surface area contributed by atoms with Crippen LogP contribution in [0.5, 0.6) is 0 Å². The lowest BCUT2D eigenvalue weighted by atomic mass is 10.2. The van der Waals surface area contributed by atoms with Gasteiger partial charge >= 0.3 is 0 Å². The van der Waals surface area contributed by atoms with E-state index in [0.29, 0.717) is 13.1 Å². The van der Waals surface area contributed by atoms with Crippen molar-refractivity contribution >= 4 is 5.91 Å². The average molecular weight is 224 g/mol. The van der Waals surface area contributed by atoms with Gasteiger partial charge in [0.05, 0.1) is 6.04 Å². The largest absolute Gasteiger partial charge is 0.337 e. The van der Waals surface area contributed by atoms with E-state index >= 15 is 0 Å². The van der Waals surface area contributed by atoms with Crippen LogP contribution in [0.25, 0.3) is 0 Å². The molecule has 0 spiro atoms. The van der Waals surface area contributed by atoms with Crippen LogP contribution in [0.1, 0.15) is 19.4 Å². The number of carbonyl (C=O) groups is 1. The fraction of sp³-hybridized carbons (Fsp3) is 0.417. The zero-order chi connectivity index (χ0) is 12.1. The Morgan fingerprint density at radius 2 is 2.25 bits per heavy atom. The van der Waals surface area contributed by atoms with E-state index in [-0.39, 0.29) is 11.7 Å². The molecule has 3 nitrogen and oxygen atoms in total. The Hall–Kier alpha value is -1.42. The predicted molar refractivity (Wildman–Crippen MR) is 61.1 cm³/mol. The van der Waals surface area contributed by atoms with Crippen LogP contribution in [-0.2, 0) is 11.3 Å². The minimum Gasteiger partial charge on any atom is -0.337 e. The molecule has 1 amide bonds. The van der Waals surface area contributed by atoms with Gasteiger partial charge in [-0.1, -0.05) is 12.1 Å². The van der Waals surface area contributed by atoms with Gasteiger partial charge in [-0.05, 0) is 31.5 Å². The van der Waals surface area contributed by atoms with Crippen LogP contribution in [0, 0.1) is 5.82 Å². The highest BCUT2D eigenvalue weighted by atomic mass is 19.1. The summed E-state index contributed by atoms with van der Waals surface area (Å²) in [7, 11) is 0. The molecule has 0 heterocycles. The molecule has 0 bridgehead atoms. The summed E-state index contributed by atoms with van der Waals surface area (Å²) in [6.07, 6.45) is 0. The molecule has 2 N–H and O–H groups in total. The summed E-state index contributed by atoms with van der Waals surface area (Å²) in [5.41, 5.74) is 6.30. The fourth-order valence-electron chi connectivity index (χ4n) is 1.49. The van der Waals surface area contributed by atoms with Crippen molar-refractivity contribution in [2.45, 2.75) is 26.4 Å². The van der Waals surface area contributed by atoms with Crippen molar-refractivity contribution in [1.29, 1.82) is 0 Å². The van der Waals surface area contributed by atoms with E-state index in [1.54, 1.807) is 24.0 Å². The van der Waals surface area contributed by atoms with Crippen LogP contribution >= 0.6 is 0 Å². The molecule has 0 aliphatic carbocycles. The summed E-state index contributed by atoms with van der Waals surface area (Å²) in [5, 5.41) is 0. The van der Waals surface area contributed by atoms with Gasteiger partial charge in [0.1, 0.15) is 5.82 Å². The molecular weight excluding hydrogens is 207 g/mol. The second-order valence-electron chi connectivity index (χ2n) is 3.77. The highest BCUT2D eigenvalue weighted by Gasteiger charge is 2.15. The van der Waals surface area contributed by atoms with E-state index in [4.69, 9.17) is 5.73 Å². The molecule has 0 aromatic heterocycles. The number of nitrogens with zero attached hydrogens (tertiary/aromatic N) is 1. The Kier molecular flexibility index (Phi) is 4.43. The second kappa shape index (κ2) is 5.61. The molecule has 0 saturated carbocycles. The number of likely N-dealkylation sites (N-methyl/N-ethyl adjacent to an activating group) is 1. The van der Waals surface area contributed by atoms with Crippen LogP contribution in [0.2, 0.25) is 0 Å². The van der Waals surface area contributed by atoms with Gasteiger partial charge in [-0.15, -0.1) is 0 Å².